The zero-order valence-electron chi connectivity index (χ0n) is 20.3. The van der Waals surface area contributed by atoms with E-state index in [0.29, 0.717) is 19.7 Å². The Bertz CT molecular complexity index is 1080. The fourth-order valence-corrected chi connectivity index (χ4v) is 5.30. The van der Waals surface area contributed by atoms with Gasteiger partial charge in [-0.25, -0.2) is 0 Å². The summed E-state index contributed by atoms with van der Waals surface area (Å²) in [5, 5.41) is 0. The molecule has 5 rings (SSSR count). The van der Waals surface area contributed by atoms with Crippen LogP contribution in [0.25, 0.3) is 0 Å². The first-order valence-corrected chi connectivity index (χ1v) is 12.3. The Hall–Kier alpha value is -3.06. The minimum absolute atomic E-state index is 0.0678. The molecule has 2 aromatic rings. The number of hydrogen-bond donors (Lipinski definition) is 0. The number of ether oxygens (including phenoxy) is 1. The maximum Gasteiger partial charge on any atom is 0.254 e. The summed E-state index contributed by atoms with van der Waals surface area (Å²) in [6, 6.07) is 12.5. The number of hydrogen-bond acceptors (Lipinski definition) is 5. The number of anilines is 1. The van der Waals surface area contributed by atoms with E-state index in [9.17, 15) is 9.59 Å². The standard InChI is InChI=1S/C27H34N4O3/c1-20(32)30-12-10-29(11-13-30)18-21-5-8-26-24(16-21)19-31(14-15-34-26)27(33)23-6-7-25-22(17-23)4-3-9-28(25)2/h5-8,16-17H,3-4,9-15,18-19H2,1-2H3. The van der Waals surface area contributed by atoms with Crippen LogP contribution in [0.4, 0.5) is 5.69 Å². The Labute approximate surface area is 201 Å². The molecule has 2 amide bonds. The number of rotatable bonds is 3. The second-order valence-electron chi connectivity index (χ2n) is 9.67. The molecule has 1 fully saturated rings. The molecule has 34 heavy (non-hydrogen) atoms. The Morgan fingerprint density at radius 1 is 0.912 bits per heavy atom. The van der Waals surface area contributed by atoms with E-state index in [1.165, 1.54) is 16.8 Å². The molecule has 3 aliphatic heterocycles. The van der Waals surface area contributed by atoms with E-state index in [4.69, 9.17) is 4.74 Å². The fourth-order valence-electron chi connectivity index (χ4n) is 5.30. The summed E-state index contributed by atoms with van der Waals surface area (Å²) in [5.74, 6) is 1.09. The van der Waals surface area contributed by atoms with E-state index in [2.05, 4.69) is 41.1 Å². The molecule has 3 aliphatic rings. The molecule has 0 unspecified atom stereocenters. The number of benzene rings is 2. The Balaban J connectivity index is 1.28. The van der Waals surface area contributed by atoms with Gasteiger partial charge in [-0.3, -0.25) is 14.5 Å². The molecule has 0 N–H and O–H groups in total. The predicted octanol–water partition coefficient (Wildman–Crippen LogP) is 2.77. The molecule has 1 saturated heterocycles. The van der Waals surface area contributed by atoms with E-state index in [1.807, 2.05) is 21.9 Å². The van der Waals surface area contributed by atoms with Crippen molar-refractivity contribution in [2.75, 3.05) is 57.8 Å². The van der Waals surface area contributed by atoms with Gasteiger partial charge in [0.1, 0.15) is 12.4 Å². The summed E-state index contributed by atoms with van der Waals surface area (Å²) >= 11 is 0. The average molecular weight is 463 g/mol. The minimum atomic E-state index is 0.0678. The van der Waals surface area contributed by atoms with Crippen molar-refractivity contribution in [2.45, 2.75) is 32.9 Å². The van der Waals surface area contributed by atoms with Gasteiger partial charge in [-0.05, 0) is 54.3 Å². The molecular formula is C27H34N4O3. The lowest BCUT2D eigenvalue weighted by atomic mass is 9.99. The first-order valence-electron chi connectivity index (χ1n) is 12.3. The van der Waals surface area contributed by atoms with Gasteiger partial charge in [-0.2, -0.15) is 0 Å². The van der Waals surface area contributed by atoms with Crippen molar-refractivity contribution < 1.29 is 14.3 Å². The van der Waals surface area contributed by atoms with Crippen LogP contribution in [0.5, 0.6) is 5.75 Å². The molecule has 7 heteroatoms. The van der Waals surface area contributed by atoms with Gasteiger partial charge in [0.15, 0.2) is 0 Å². The Morgan fingerprint density at radius 3 is 2.53 bits per heavy atom. The first kappa shape index (κ1) is 22.7. The van der Waals surface area contributed by atoms with Gasteiger partial charge in [0, 0.05) is 76.6 Å². The topological polar surface area (TPSA) is 56.3 Å². The van der Waals surface area contributed by atoms with E-state index in [1.54, 1.807) is 6.92 Å². The lowest BCUT2D eigenvalue weighted by Gasteiger charge is -2.34. The lowest BCUT2D eigenvalue weighted by molar-refractivity contribution is -0.130. The van der Waals surface area contributed by atoms with Crippen LogP contribution >= 0.6 is 0 Å². The number of piperazine rings is 1. The van der Waals surface area contributed by atoms with Gasteiger partial charge in [0.25, 0.3) is 5.91 Å². The second-order valence-corrected chi connectivity index (χ2v) is 9.67. The minimum Gasteiger partial charge on any atom is -0.491 e. The van der Waals surface area contributed by atoms with Gasteiger partial charge in [-0.15, -0.1) is 0 Å². The number of carbonyl (C=O) groups excluding carboxylic acids is 2. The number of nitrogens with zero attached hydrogens (tertiary/aromatic N) is 4. The van der Waals surface area contributed by atoms with E-state index < -0.39 is 0 Å². The molecular weight excluding hydrogens is 428 g/mol. The van der Waals surface area contributed by atoms with E-state index in [-0.39, 0.29) is 11.8 Å². The zero-order chi connectivity index (χ0) is 23.7. The molecule has 0 bridgehead atoms. The third-order valence-corrected chi connectivity index (χ3v) is 7.29. The summed E-state index contributed by atoms with van der Waals surface area (Å²) in [6.07, 6.45) is 2.15. The largest absolute Gasteiger partial charge is 0.491 e. The van der Waals surface area contributed by atoms with Crippen LogP contribution in [-0.2, 0) is 24.3 Å². The summed E-state index contributed by atoms with van der Waals surface area (Å²) in [7, 11) is 2.11. The van der Waals surface area contributed by atoms with Crippen LogP contribution in [0.2, 0.25) is 0 Å². The van der Waals surface area contributed by atoms with Crippen molar-refractivity contribution in [1.29, 1.82) is 0 Å². The third kappa shape index (κ3) is 4.75. The van der Waals surface area contributed by atoms with Crippen LogP contribution in [0.15, 0.2) is 36.4 Å². The molecule has 0 saturated carbocycles. The molecule has 0 aliphatic carbocycles. The smallest absolute Gasteiger partial charge is 0.254 e. The first-order chi connectivity index (χ1) is 16.5. The van der Waals surface area contributed by atoms with Crippen LogP contribution < -0.4 is 9.64 Å². The summed E-state index contributed by atoms with van der Waals surface area (Å²) in [5.41, 5.74) is 5.53. The Morgan fingerprint density at radius 2 is 1.74 bits per heavy atom. The predicted molar refractivity (Wildman–Crippen MR) is 132 cm³/mol. The van der Waals surface area contributed by atoms with Gasteiger partial charge in [-0.1, -0.05) is 6.07 Å². The fraction of sp³-hybridized carbons (Fsp3) is 0.481. The van der Waals surface area contributed by atoms with Crippen LogP contribution in [0, 0.1) is 0 Å². The number of aryl methyl sites for hydroxylation is 1. The molecule has 0 aromatic heterocycles. The van der Waals surface area contributed by atoms with Crippen molar-refractivity contribution >= 4 is 17.5 Å². The van der Waals surface area contributed by atoms with Crippen molar-refractivity contribution in [3.05, 3.63) is 58.7 Å². The highest BCUT2D eigenvalue weighted by Gasteiger charge is 2.24. The van der Waals surface area contributed by atoms with Gasteiger partial charge in [0.05, 0.1) is 6.54 Å². The van der Waals surface area contributed by atoms with Crippen molar-refractivity contribution in [3.8, 4) is 5.75 Å². The second kappa shape index (κ2) is 9.66. The zero-order valence-corrected chi connectivity index (χ0v) is 20.3. The molecule has 0 atom stereocenters. The van der Waals surface area contributed by atoms with Gasteiger partial charge in [0.2, 0.25) is 5.91 Å². The molecule has 0 spiro atoms. The maximum absolute atomic E-state index is 13.4. The lowest BCUT2D eigenvalue weighted by Crippen LogP contribution is -2.47. The number of carbonyl (C=O) groups is 2. The van der Waals surface area contributed by atoms with E-state index in [0.717, 1.165) is 69.0 Å². The van der Waals surface area contributed by atoms with Crippen LogP contribution in [0.3, 0.4) is 0 Å². The Kier molecular flexibility index (Phi) is 6.46. The molecule has 2 aromatic carbocycles. The highest BCUT2D eigenvalue weighted by Crippen LogP contribution is 2.29. The highest BCUT2D eigenvalue weighted by molar-refractivity contribution is 5.95. The van der Waals surface area contributed by atoms with Gasteiger partial charge < -0.3 is 19.4 Å². The summed E-state index contributed by atoms with van der Waals surface area (Å²) in [6.45, 7) is 8.49. The third-order valence-electron chi connectivity index (χ3n) is 7.29. The average Bonchev–Trinajstić information content (AvgIpc) is 3.06. The summed E-state index contributed by atoms with van der Waals surface area (Å²) < 4.78 is 6.00. The normalized spacial score (nSPS) is 18.6. The monoisotopic (exact) mass is 462 g/mol. The molecule has 180 valence electrons. The van der Waals surface area contributed by atoms with Crippen molar-refractivity contribution in [1.82, 2.24) is 14.7 Å². The summed E-state index contributed by atoms with van der Waals surface area (Å²) in [4.78, 5) is 33.5. The molecule has 7 nitrogen and oxygen atoms in total. The SMILES string of the molecule is CC(=O)N1CCN(Cc2ccc3c(c2)CN(C(=O)c2ccc4c(c2)CCCN4C)CCO3)CC1. The van der Waals surface area contributed by atoms with Gasteiger partial charge >= 0.3 is 0 Å². The number of amides is 2. The van der Waals surface area contributed by atoms with Crippen molar-refractivity contribution in [2.24, 2.45) is 0 Å². The van der Waals surface area contributed by atoms with Crippen LogP contribution in [-0.4, -0.2) is 79.4 Å². The van der Waals surface area contributed by atoms with Crippen LogP contribution in [0.1, 0.15) is 40.4 Å². The van der Waals surface area contributed by atoms with Crippen molar-refractivity contribution in [3.63, 3.8) is 0 Å². The molecule has 3 heterocycles. The quantitative estimate of drug-likeness (QED) is 0.702. The maximum atomic E-state index is 13.4. The highest BCUT2D eigenvalue weighted by atomic mass is 16.5. The number of fused-ring (bicyclic) bond motifs is 2. The molecule has 0 radical (unpaired) electrons. The van der Waals surface area contributed by atoms with E-state index >= 15 is 0 Å².